The normalized spacial score (nSPS) is 12.9. The molecular weight excluding hydrogens is 286 g/mol. The third kappa shape index (κ3) is 14.7. The summed E-state index contributed by atoms with van der Waals surface area (Å²) in [5.74, 6) is 0. The fourth-order valence-electron chi connectivity index (χ4n) is 2.79. The van der Waals surface area contributed by atoms with Gasteiger partial charge in [0.05, 0.1) is 0 Å². The van der Waals surface area contributed by atoms with E-state index in [4.69, 9.17) is 12.4 Å². The summed E-state index contributed by atoms with van der Waals surface area (Å²) in [7, 11) is 0. The summed E-state index contributed by atoms with van der Waals surface area (Å²) < 4.78 is 2.03. The van der Waals surface area contributed by atoms with E-state index in [0.717, 1.165) is 6.54 Å². The molecule has 0 heterocycles. The van der Waals surface area contributed by atoms with Crippen molar-refractivity contribution < 1.29 is 3.95 Å². The fraction of sp³-hybridized carbons (Fsp3) is 0.900. The van der Waals surface area contributed by atoms with Crippen LogP contribution in [0.15, 0.2) is 12.2 Å². The monoisotopic (exact) mass is 326 g/mol. The number of nitrogens with zero attached hydrogens (tertiary/aromatic N) is 1. The number of allylic oxidation sites excluding steroid dienone is 2. The molecule has 0 saturated carbocycles. The van der Waals surface area contributed by atoms with E-state index in [0.29, 0.717) is 6.04 Å². The van der Waals surface area contributed by atoms with Crippen LogP contribution in [0.25, 0.3) is 0 Å². The zero-order chi connectivity index (χ0) is 16.5. The van der Waals surface area contributed by atoms with E-state index in [2.05, 4.69) is 32.9 Å². The minimum atomic E-state index is 0.567. The smallest absolute Gasteiger partial charge is 0.156 e. The summed E-state index contributed by atoms with van der Waals surface area (Å²) in [6.45, 7) is 7.66. The van der Waals surface area contributed by atoms with Gasteiger partial charge in [0.25, 0.3) is 12.4 Å². The largest absolute Gasteiger partial charge is 0.263 e. The van der Waals surface area contributed by atoms with Gasteiger partial charge in [0, 0.05) is 6.42 Å². The zero-order valence-electron chi connectivity index (χ0n) is 15.5. The average molecular weight is 327 g/mol. The molecule has 2 heteroatoms. The Balaban J connectivity index is 3.22. The van der Waals surface area contributed by atoms with Crippen LogP contribution >= 0.6 is 0 Å². The minimum Gasteiger partial charge on any atom is -0.156 e. The predicted molar refractivity (Wildman–Crippen MR) is 102 cm³/mol. The van der Waals surface area contributed by atoms with Crippen molar-refractivity contribution >= 4 is 12.4 Å². The topological polar surface area (TPSA) is 3.01 Å². The molecule has 0 rings (SSSR count). The number of hydrogen-bond acceptors (Lipinski definition) is 1. The third-order valence-electron chi connectivity index (χ3n) is 4.44. The maximum Gasteiger partial charge on any atom is 0.263 e. The second-order valence-electron chi connectivity index (χ2n) is 6.60. The molecule has 0 aromatic carbocycles. The van der Waals surface area contributed by atoms with Crippen LogP contribution < -0.4 is 0 Å². The Morgan fingerprint density at radius 3 is 1.82 bits per heavy atom. The second-order valence-corrected chi connectivity index (χ2v) is 7.07. The van der Waals surface area contributed by atoms with Crippen LogP contribution in [0.4, 0.5) is 0 Å². The van der Waals surface area contributed by atoms with Crippen LogP contribution in [-0.4, -0.2) is 16.5 Å². The van der Waals surface area contributed by atoms with E-state index < -0.39 is 0 Å². The van der Waals surface area contributed by atoms with E-state index in [-0.39, 0.29) is 0 Å². The van der Waals surface area contributed by atoms with Gasteiger partial charge in [0.1, 0.15) is 0 Å². The number of rotatable bonds is 16. The Labute approximate surface area is 145 Å². The molecule has 0 saturated heterocycles. The predicted octanol–water partition coefficient (Wildman–Crippen LogP) is 6.79. The van der Waals surface area contributed by atoms with E-state index in [1.54, 1.807) is 0 Å². The number of unbranched alkanes of at least 4 members (excludes halogenated alkanes) is 10. The number of hydrogen-bond donors (Lipinski definition) is 0. The van der Waals surface area contributed by atoms with Gasteiger partial charge in [-0.25, -0.2) is 0 Å². The Hall–Kier alpha value is -0.240. The van der Waals surface area contributed by atoms with Crippen molar-refractivity contribution in [3.8, 4) is 0 Å². The van der Waals surface area contributed by atoms with Crippen molar-refractivity contribution in [2.45, 2.75) is 110 Å². The highest BCUT2D eigenvalue weighted by atomic mass is 32.1. The van der Waals surface area contributed by atoms with Gasteiger partial charge in [-0.1, -0.05) is 64.0 Å². The molecule has 1 unspecified atom stereocenters. The molecule has 0 aromatic heterocycles. The van der Waals surface area contributed by atoms with Crippen molar-refractivity contribution in [1.82, 2.24) is 0 Å². The highest BCUT2D eigenvalue weighted by molar-refractivity contribution is 7.44. The standard InChI is InChI=1S/C20H40NS/c1-4-6-7-8-9-10-11-12-13-14-15-16-17-18-19-20(3)21(22)5-2/h12-13,20H,4-11,14-19H2,1-3H3/q+1/b13-12-. The Bertz CT molecular complexity index is 273. The zero-order valence-corrected chi connectivity index (χ0v) is 16.3. The SMILES string of the molecule is CCCCCCCC/C=C\CCCCCCC(C)[N+](=S)CC. The Morgan fingerprint density at radius 1 is 0.773 bits per heavy atom. The lowest BCUT2D eigenvalue weighted by molar-refractivity contribution is -0.532. The van der Waals surface area contributed by atoms with Crippen LogP contribution in [0.3, 0.4) is 0 Å². The van der Waals surface area contributed by atoms with Crippen molar-refractivity contribution in [3.05, 3.63) is 12.2 Å². The van der Waals surface area contributed by atoms with Gasteiger partial charge in [-0.05, 0) is 46.0 Å². The first-order chi connectivity index (χ1) is 10.7. The summed E-state index contributed by atoms with van der Waals surface area (Å²) >= 11 is 5.29. The van der Waals surface area contributed by atoms with E-state index in [1.165, 1.54) is 83.5 Å². The highest BCUT2D eigenvalue weighted by Gasteiger charge is 2.11. The summed E-state index contributed by atoms with van der Waals surface area (Å²) in [5.41, 5.74) is 0. The molecule has 0 radical (unpaired) electrons. The molecule has 0 N–H and O–H groups in total. The molecule has 0 spiro atoms. The molecule has 22 heavy (non-hydrogen) atoms. The van der Waals surface area contributed by atoms with E-state index in [1.807, 2.05) is 3.95 Å². The van der Waals surface area contributed by atoms with E-state index >= 15 is 0 Å². The van der Waals surface area contributed by atoms with Crippen LogP contribution in [0, 0.1) is 0 Å². The molecule has 0 aliphatic heterocycles. The highest BCUT2D eigenvalue weighted by Crippen LogP contribution is 2.10. The Morgan fingerprint density at radius 2 is 1.27 bits per heavy atom. The molecule has 0 bridgehead atoms. The minimum absolute atomic E-state index is 0.567. The van der Waals surface area contributed by atoms with E-state index in [9.17, 15) is 0 Å². The lowest BCUT2D eigenvalue weighted by Crippen LogP contribution is -2.20. The molecule has 130 valence electrons. The quantitative estimate of drug-likeness (QED) is 0.171. The van der Waals surface area contributed by atoms with Gasteiger partial charge in [-0.3, -0.25) is 0 Å². The second kappa shape index (κ2) is 17.1. The van der Waals surface area contributed by atoms with Crippen molar-refractivity contribution in [2.75, 3.05) is 6.54 Å². The first-order valence-electron chi connectivity index (χ1n) is 9.81. The average Bonchev–Trinajstić information content (AvgIpc) is 2.54. The van der Waals surface area contributed by atoms with Crippen LogP contribution in [0.2, 0.25) is 0 Å². The van der Waals surface area contributed by atoms with Gasteiger partial charge < -0.3 is 0 Å². The maximum absolute atomic E-state index is 5.29. The molecule has 0 aliphatic carbocycles. The van der Waals surface area contributed by atoms with Gasteiger partial charge >= 0.3 is 0 Å². The fourth-order valence-corrected chi connectivity index (χ4v) is 2.89. The van der Waals surface area contributed by atoms with Crippen molar-refractivity contribution in [2.24, 2.45) is 0 Å². The summed E-state index contributed by atoms with van der Waals surface area (Å²) in [6.07, 6.45) is 22.5. The molecule has 1 nitrogen and oxygen atoms in total. The van der Waals surface area contributed by atoms with Crippen molar-refractivity contribution in [1.29, 1.82) is 0 Å². The lowest BCUT2D eigenvalue weighted by atomic mass is 10.1. The molecule has 1 atom stereocenters. The lowest BCUT2D eigenvalue weighted by Gasteiger charge is -2.06. The maximum atomic E-state index is 5.29. The van der Waals surface area contributed by atoms with Gasteiger partial charge in [0.2, 0.25) is 0 Å². The first-order valence-corrected chi connectivity index (χ1v) is 10.2. The molecule has 0 fully saturated rings. The summed E-state index contributed by atoms with van der Waals surface area (Å²) in [5, 5.41) is 0. The molecular formula is C20H40NS+. The van der Waals surface area contributed by atoms with Gasteiger partial charge in [-0.15, -0.1) is 0 Å². The third-order valence-corrected chi connectivity index (χ3v) is 5.06. The summed E-state index contributed by atoms with van der Waals surface area (Å²) in [4.78, 5) is 0. The van der Waals surface area contributed by atoms with Crippen LogP contribution in [0.5, 0.6) is 0 Å². The first kappa shape index (κ1) is 21.8. The molecule has 0 aliphatic rings. The van der Waals surface area contributed by atoms with Crippen molar-refractivity contribution in [3.63, 3.8) is 0 Å². The Kier molecular flexibility index (Phi) is 16.9. The van der Waals surface area contributed by atoms with Gasteiger partial charge in [0.15, 0.2) is 12.6 Å². The molecule has 0 aromatic rings. The van der Waals surface area contributed by atoms with Gasteiger partial charge in [-0.2, -0.15) is 3.95 Å². The molecule has 0 amide bonds. The van der Waals surface area contributed by atoms with Crippen LogP contribution in [-0.2, 0) is 12.4 Å². The summed E-state index contributed by atoms with van der Waals surface area (Å²) in [6, 6.07) is 0.567. The van der Waals surface area contributed by atoms with Crippen LogP contribution in [0.1, 0.15) is 104 Å².